The lowest BCUT2D eigenvalue weighted by Gasteiger charge is -2.25. The van der Waals surface area contributed by atoms with Gasteiger partial charge < -0.3 is 19.5 Å². The third-order valence-electron chi connectivity index (χ3n) is 4.97. The van der Waals surface area contributed by atoms with Crippen molar-refractivity contribution in [1.82, 2.24) is 4.90 Å². The molecule has 2 aromatic rings. The van der Waals surface area contributed by atoms with Gasteiger partial charge in [0.1, 0.15) is 17.3 Å². The molecule has 2 aromatic carbocycles. The van der Waals surface area contributed by atoms with Gasteiger partial charge in [-0.2, -0.15) is 0 Å². The van der Waals surface area contributed by atoms with Crippen LogP contribution in [0.15, 0.2) is 54.1 Å². The number of carbonyl (C=O) groups excluding carboxylic acids is 2. The number of hydrogen-bond acceptors (Lipinski definition) is 5. The monoisotopic (exact) mass is 427 g/mol. The van der Waals surface area contributed by atoms with E-state index in [1.165, 1.54) is 29.2 Å². The summed E-state index contributed by atoms with van der Waals surface area (Å²) in [5.41, 5.74) is 0.906. The van der Waals surface area contributed by atoms with Crippen molar-refractivity contribution in [3.63, 3.8) is 0 Å². The zero-order chi connectivity index (χ0) is 22.5. The van der Waals surface area contributed by atoms with Crippen molar-refractivity contribution >= 4 is 17.4 Å². The fourth-order valence-corrected chi connectivity index (χ4v) is 3.60. The van der Waals surface area contributed by atoms with Crippen LogP contribution in [0.1, 0.15) is 37.4 Å². The van der Waals surface area contributed by atoms with Crippen molar-refractivity contribution in [2.75, 3.05) is 20.3 Å². The second kappa shape index (κ2) is 9.75. The third kappa shape index (κ3) is 4.94. The average Bonchev–Trinajstić information content (AvgIpc) is 2.99. The van der Waals surface area contributed by atoms with Crippen molar-refractivity contribution in [3.8, 4) is 5.75 Å². The van der Waals surface area contributed by atoms with Gasteiger partial charge in [0.2, 0.25) is 0 Å². The Morgan fingerprint density at radius 3 is 2.32 bits per heavy atom. The molecule has 0 bridgehead atoms. The molecule has 0 radical (unpaired) electrons. The summed E-state index contributed by atoms with van der Waals surface area (Å²) in [7, 11) is 1.55. The zero-order valence-electron chi connectivity index (χ0n) is 17.8. The maximum Gasteiger partial charge on any atom is 0.295 e. The van der Waals surface area contributed by atoms with E-state index < -0.39 is 23.5 Å². The minimum atomic E-state index is -0.816. The summed E-state index contributed by atoms with van der Waals surface area (Å²) in [5, 5.41) is 11.0. The SMILES string of the molecule is COCCCN1C(=O)C(=O)/C(=C(\O)c2ccc(OC(C)C)cc2)C1c1ccc(F)cc1. The van der Waals surface area contributed by atoms with Gasteiger partial charge in [0.15, 0.2) is 0 Å². The predicted molar refractivity (Wildman–Crippen MR) is 114 cm³/mol. The highest BCUT2D eigenvalue weighted by Gasteiger charge is 2.45. The maximum atomic E-state index is 13.5. The lowest BCUT2D eigenvalue weighted by molar-refractivity contribution is -0.140. The van der Waals surface area contributed by atoms with Crippen molar-refractivity contribution in [2.24, 2.45) is 0 Å². The van der Waals surface area contributed by atoms with Gasteiger partial charge in [-0.3, -0.25) is 9.59 Å². The predicted octanol–water partition coefficient (Wildman–Crippen LogP) is 4.07. The first-order valence-electron chi connectivity index (χ1n) is 10.1. The number of benzene rings is 2. The fourth-order valence-electron chi connectivity index (χ4n) is 3.60. The standard InChI is InChI=1S/C24H26FNO5/c1-15(2)31-19-11-7-17(8-12-19)22(27)20-21(16-5-9-18(25)10-6-16)26(13-4-14-30-3)24(29)23(20)28/h5-12,15,21,27H,4,13-14H2,1-3H3/b22-20-. The van der Waals surface area contributed by atoms with Crippen LogP contribution in [0.4, 0.5) is 4.39 Å². The molecule has 1 saturated heterocycles. The van der Waals surface area contributed by atoms with E-state index in [9.17, 15) is 19.1 Å². The third-order valence-corrected chi connectivity index (χ3v) is 4.97. The Bertz CT molecular complexity index is 966. The number of likely N-dealkylation sites (tertiary alicyclic amines) is 1. The van der Waals surface area contributed by atoms with Crippen molar-refractivity contribution in [2.45, 2.75) is 32.4 Å². The first-order chi connectivity index (χ1) is 14.8. The lowest BCUT2D eigenvalue weighted by atomic mass is 9.95. The molecule has 1 aliphatic heterocycles. The van der Waals surface area contributed by atoms with Crippen LogP contribution in [0.3, 0.4) is 0 Å². The number of methoxy groups -OCH3 is 1. The second-order valence-electron chi connectivity index (χ2n) is 7.58. The number of aliphatic hydroxyl groups is 1. The molecule has 1 N–H and O–H groups in total. The number of hydrogen-bond donors (Lipinski definition) is 1. The minimum absolute atomic E-state index is 0.00431. The molecule has 1 amide bonds. The fraction of sp³-hybridized carbons (Fsp3) is 0.333. The van der Waals surface area contributed by atoms with Crippen LogP contribution in [-0.4, -0.2) is 48.1 Å². The molecule has 7 heteroatoms. The quantitative estimate of drug-likeness (QED) is 0.297. The highest BCUT2D eigenvalue weighted by Crippen LogP contribution is 2.39. The molecule has 6 nitrogen and oxygen atoms in total. The molecule has 1 aliphatic rings. The van der Waals surface area contributed by atoms with Gasteiger partial charge in [0.25, 0.3) is 11.7 Å². The molecular formula is C24H26FNO5. The van der Waals surface area contributed by atoms with Gasteiger partial charge >= 0.3 is 0 Å². The van der Waals surface area contributed by atoms with E-state index in [0.29, 0.717) is 29.9 Å². The Kier molecular flexibility index (Phi) is 7.07. The average molecular weight is 427 g/mol. The van der Waals surface area contributed by atoms with Crippen LogP contribution in [0.25, 0.3) is 5.76 Å². The molecule has 0 aliphatic carbocycles. The maximum absolute atomic E-state index is 13.5. The summed E-state index contributed by atoms with van der Waals surface area (Å²) in [4.78, 5) is 27.1. The first-order valence-corrected chi connectivity index (χ1v) is 10.1. The highest BCUT2D eigenvalue weighted by molar-refractivity contribution is 6.46. The number of amides is 1. The summed E-state index contributed by atoms with van der Waals surface area (Å²) in [6.07, 6.45) is 0.512. The summed E-state index contributed by atoms with van der Waals surface area (Å²) >= 11 is 0. The Hall–Kier alpha value is -3.19. The normalized spacial score (nSPS) is 18.1. The molecule has 1 fully saturated rings. The van der Waals surface area contributed by atoms with Crippen LogP contribution >= 0.6 is 0 Å². The highest BCUT2D eigenvalue weighted by atomic mass is 19.1. The molecule has 3 rings (SSSR count). The molecule has 0 aromatic heterocycles. The van der Waals surface area contributed by atoms with Gasteiger partial charge in [0.05, 0.1) is 17.7 Å². The molecule has 0 spiro atoms. The summed E-state index contributed by atoms with van der Waals surface area (Å²) in [6, 6.07) is 11.4. The number of ether oxygens (including phenoxy) is 2. The first kappa shape index (κ1) is 22.5. The van der Waals surface area contributed by atoms with E-state index in [2.05, 4.69) is 0 Å². The van der Waals surface area contributed by atoms with Gasteiger partial charge in [-0.1, -0.05) is 12.1 Å². The van der Waals surface area contributed by atoms with E-state index in [0.717, 1.165) is 0 Å². The Morgan fingerprint density at radius 1 is 1.10 bits per heavy atom. The van der Waals surface area contributed by atoms with Gasteiger partial charge in [-0.05, 0) is 62.2 Å². The van der Waals surface area contributed by atoms with Crippen molar-refractivity contribution < 1.29 is 28.6 Å². The topological polar surface area (TPSA) is 76.1 Å². The van der Waals surface area contributed by atoms with Gasteiger partial charge in [0, 0.05) is 25.8 Å². The largest absolute Gasteiger partial charge is 0.507 e. The summed E-state index contributed by atoms with van der Waals surface area (Å²) < 4.78 is 24.2. The van der Waals surface area contributed by atoms with Gasteiger partial charge in [-0.25, -0.2) is 4.39 Å². The number of rotatable bonds is 8. The number of carbonyl (C=O) groups is 2. The molecule has 1 atom stereocenters. The summed E-state index contributed by atoms with van der Waals surface area (Å²) in [6.45, 7) is 4.48. The smallest absolute Gasteiger partial charge is 0.295 e. The van der Waals surface area contributed by atoms with E-state index in [4.69, 9.17) is 9.47 Å². The van der Waals surface area contributed by atoms with E-state index in [-0.39, 0.29) is 24.0 Å². The molecular weight excluding hydrogens is 401 g/mol. The zero-order valence-corrected chi connectivity index (χ0v) is 17.8. The van der Waals surface area contributed by atoms with Crippen LogP contribution in [0, 0.1) is 5.82 Å². The summed E-state index contributed by atoms with van der Waals surface area (Å²) in [5.74, 6) is -1.56. The second-order valence-corrected chi connectivity index (χ2v) is 7.58. The van der Waals surface area contributed by atoms with Gasteiger partial charge in [-0.15, -0.1) is 0 Å². The van der Waals surface area contributed by atoms with Crippen LogP contribution in [0.2, 0.25) is 0 Å². The molecule has 1 heterocycles. The lowest BCUT2D eigenvalue weighted by Crippen LogP contribution is -2.31. The molecule has 31 heavy (non-hydrogen) atoms. The molecule has 0 saturated carbocycles. The Morgan fingerprint density at radius 2 is 1.74 bits per heavy atom. The number of ketones is 1. The number of Topliss-reactive ketones (excluding diaryl/α,β-unsaturated/α-hetero) is 1. The van der Waals surface area contributed by atoms with Crippen molar-refractivity contribution in [1.29, 1.82) is 0 Å². The van der Waals surface area contributed by atoms with Crippen LogP contribution < -0.4 is 4.74 Å². The number of halogens is 1. The van der Waals surface area contributed by atoms with E-state index in [1.807, 2.05) is 13.8 Å². The van der Waals surface area contributed by atoms with Crippen LogP contribution in [0.5, 0.6) is 5.75 Å². The van der Waals surface area contributed by atoms with Crippen molar-refractivity contribution in [3.05, 3.63) is 71.0 Å². The molecule has 1 unspecified atom stereocenters. The minimum Gasteiger partial charge on any atom is -0.507 e. The van der Waals surface area contributed by atoms with E-state index in [1.54, 1.807) is 31.4 Å². The number of nitrogens with zero attached hydrogens (tertiary/aromatic N) is 1. The Labute approximate surface area is 180 Å². The number of aliphatic hydroxyl groups excluding tert-OH is 1. The Balaban J connectivity index is 2.04. The van der Waals surface area contributed by atoms with E-state index >= 15 is 0 Å². The van der Waals surface area contributed by atoms with Crippen LogP contribution in [-0.2, 0) is 14.3 Å². The molecule has 164 valence electrons.